The van der Waals surface area contributed by atoms with Crippen LogP contribution in [0.15, 0.2) is 22.9 Å². The molecule has 0 saturated heterocycles. The first kappa shape index (κ1) is 13.4. The average molecular weight is 294 g/mol. The second-order valence-electron chi connectivity index (χ2n) is 3.05. The van der Waals surface area contributed by atoms with Gasteiger partial charge in [-0.25, -0.2) is 4.98 Å². The fraction of sp³-hybridized carbons (Fsp3) is 0.250. The third-order valence-electron chi connectivity index (χ3n) is 2.08. The smallest absolute Gasteiger partial charge is 0.229 e. The summed E-state index contributed by atoms with van der Waals surface area (Å²) in [5, 5.41) is 9.58. The van der Waals surface area contributed by atoms with Gasteiger partial charge in [0.2, 0.25) is 5.91 Å². The summed E-state index contributed by atoms with van der Waals surface area (Å²) >= 11 is 3.23. The Hall–Kier alpha value is -1.67. The molecule has 0 bridgehead atoms. The molecule has 2 aromatic rings. The van der Waals surface area contributed by atoms with Crippen molar-refractivity contribution in [2.24, 2.45) is 0 Å². The number of nitrogens with zero attached hydrogens (tertiary/aromatic N) is 3. The zero-order valence-corrected chi connectivity index (χ0v) is 11.4. The maximum atomic E-state index is 11.3. The van der Waals surface area contributed by atoms with Crippen molar-refractivity contribution in [3.8, 4) is 6.07 Å². The molecule has 5 heteroatoms. The van der Waals surface area contributed by atoms with E-state index in [2.05, 4.69) is 20.9 Å². The predicted molar refractivity (Wildman–Crippen MR) is 69.8 cm³/mol. The number of carbonyl (C=O) groups excluding carboxylic acids is 1. The van der Waals surface area contributed by atoms with E-state index in [1.165, 1.54) is 17.7 Å². The number of pyridine rings is 1. The molecule has 0 amide bonds. The highest BCUT2D eigenvalue weighted by Gasteiger charge is 2.11. The molecule has 0 aliphatic heterocycles. The van der Waals surface area contributed by atoms with Crippen LogP contribution < -0.4 is 0 Å². The van der Waals surface area contributed by atoms with Crippen LogP contribution in [-0.4, -0.2) is 15.5 Å². The molecule has 0 N–H and O–H groups in total. The molecule has 17 heavy (non-hydrogen) atoms. The molecule has 0 saturated carbocycles. The van der Waals surface area contributed by atoms with Gasteiger partial charge in [0.15, 0.2) is 0 Å². The highest BCUT2D eigenvalue weighted by Crippen LogP contribution is 2.21. The molecule has 2 rings (SSSR count). The van der Waals surface area contributed by atoms with E-state index in [4.69, 9.17) is 5.26 Å². The van der Waals surface area contributed by atoms with Gasteiger partial charge in [0, 0.05) is 18.5 Å². The fourth-order valence-electron chi connectivity index (χ4n) is 1.41. The topological polar surface area (TPSA) is 58.7 Å². The van der Waals surface area contributed by atoms with Crippen LogP contribution in [0, 0.1) is 11.3 Å². The Balaban J connectivity index is 0.000000686. The summed E-state index contributed by atoms with van der Waals surface area (Å²) in [5.74, 6) is -0.160. The van der Waals surface area contributed by atoms with Crippen molar-refractivity contribution in [1.82, 2.24) is 9.55 Å². The van der Waals surface area contributed by atoms with Crippen molar-refractivity contribution < 1.29 is 4.79 Å². The SMILES string of the molecule is CC.CC(=O)n1cc(C#N)c2ccc(Br)nc21. The van der Waals surface area contributed by atoms with Crippen molar-refractivity contribution >= 4 is 32.9 Å². The Kier molecular flexibility index (Phi) is 4.41. The highest BCUT2D eigenvalue weighted by molar-refractivity contribution is 9.10. The molecular weight excluding hydrogens is 282 g/mol. The van der Waals surface area contributed by atoms with Crippen molar-refractivity contribution in [2.75, 3.05) is 0 Å². The number of rotatable bonds is 0. The molecule has 0 unspecified atom stereocenters. The summed E-state index contributed by atoms with van der Waals surface area (Å²) in [6.45, 7) is 5.43. The van der Waals surface area contributed by atoms with Gasteiger partial charge >= 0.3 is 0 Å². The van der Waals surface area contributed by atoms with Crippen LogP contribution in [0.5, 0.6) is 0 Å². The van der Waals surface area contributed by atoms with E-state index in [0.717, 1.165) is 0 Å². The van der Waals surface area contributed by atoms with E-state index < -0.39 is 0 Å². The Bertz CT molecular complexity index is 596. The quantitative estimate of drug-likeness (QED) is 0.700. The van der Waals surface area contributed by atoms with E-state index in [1.807, 2.05) is 19.9 Å². The largest absolute Gasteiger partial charge is 0.274 e. The second kappa shape index (κ2) is 5.60. The molecule has 4 nitrogen and oxygen atoms in total. The van der Waals surface area contributed by atoms with Crippen LogP contribution in [-0.2, 0) is 0 Å². The predicted octanol–water partition coefficient (Wildman–Crippen LogP) is 3.36. The molecule has 0 atom stereocenters. The van der Waals surface area contributed by atoms with E-state index in [1.54, 1.807) is 12.1 Å². The minimum Gasteiger partial charge on any atom is -0.274 e. The number of aromatic nitrogens is 2. The Morgan fingerprint density at radius 3 is 2.65 bits per heavy atom. The lowest BCUT2D eigenvalue weighted by Gasteiger charge is -1.97. The van der Waals surface area contributed by atoms with Crippen LogP contribution >= 0.6 is 15.9 Å². The third-order valence-corrected chi connectivity index (χ3v) is 2.52. The van der Waals surface area contributed by atoms with Gasteiger partial charge in [-0.1, -0.05) is 13.8 Å². The molecule has 0 aliphatic rings. The number of fused-ring (bicyclic) bond motifs is 1. The van der Waals surface area contributed by atoms with Crippen molar-refractivity contribution in [1.29, 1.82) is 5.26 Å². The lowest BCUT2D eigenvalue weighted by Crippen LogP contribution is -2.04. The molecule has 0 aliphatic carbocycles. The van der Waals surface area contributed by atoms with Gasteiger partial charge in [0.05, 0.1) is 5.56 Å². The number of hydrogen-bond donors (Lipinski definition) is 0. The Labute approximate surface area is 108 Å². The minimum absolute atomic E-state index is 0.160. The zero-order valence-electron chi connectivity index (χ0n) is 9.86. The Morgan fingerprint density at radius 2 is 2.12 bits per heavy atom. The zero-order chi connectivity index (χ0) is 13.0. The van der Waals surface area contributed by atoms with Gasteiger partial charge in [-0.3, -0.25) is 9.36 Å². The first-order chi connectivity index (χ1) is 8.13. The molecule has 0 fully saturated rings. The van der Waals surface area contributed by atoms with E-state index >= 15 is 0 Å². The van der Waals surface area contributed by atoms with Crippen LogP contribution in [0.4, 0.5) is 0 Å². The highest BCUT2D eigenvalue weighted by atomic mass is 79.9. The van der Waals surface area contributed by atoms with E-state index in [-0.39, 0.29) is 5.91 Å². The van der Waals surface area contributed by atoms with Crippen LogP contribution in [0.2, 0.25) is 0 Å². The summed E-state index contributed by atoms with van der Waals surface area (Å²) in [7, 11) is 0. The fourth-order valence-corrected chi connectivity index (χ4v) is 1.71. The molecule has 2 aromatic heterocycles. The molecule has 0 radical (unpaired) electrons. The summed E-state index contributed by atoms with van der Waals surface area (Å²) in [4.78, 5) is 15.5. The van der Waals surface area contributed by atoms with Crippen molar-refractivity contribution in [3.05, 3.63) is 28.5 Å². The number of carbonyl (C=O) groups is 1. The van der Waals surface area contributed by atoms with Crippen molar-refractivity contribution in [2.45, 2.75) is 20.8 Å². The first-order valence-corrected chi connectivity index (χ1v) is 6.01. The standard InChI is InChI=1S/C10H6BrN3O.C2H6/c1-6(15)14-5-7(4-12)8-2-3-9(11)13-10(8)14;1-2/h2-3,5H,1H3;1-2H3. The summed E-state index contributed by atoms with van der Waals surface area (Å²) in [5.41, 5.74) is 0.966. The number of hydrogen-bond acceptors (Lipinski definition) is 3. The van der Waals surface area contributed by atoms with Gasteiger partial charge in [0.1, 0.15) is 16.3 Å². The summed E-state index contributed by atoms with van der Waals surface area (Å²) in [6, 6.07) is 5.55. The van der Waals surface area contributed by atoms with E-state index in [9.17, 15) is 4.79 Å². The number of nitriles is 1. The summed E-state index contributed by atoms with van der Waals surface area (Å²) < 4.78 is 2.01. The molecule has 0 spiro atoms. The minimum atomic E-state index is -0.160. The molecular formula is C12H12BrN3O. The van der Waals surface area contributed by atoms with Gasteiger partial charge in [-0.2, -0.15) is 5.26 Å². The van der Waals surface area contributed by atoms with Gasteiger partial charge in [0.25, 0.3) is 0 Å². The lowest BCUT2D eigenvalue weighted by atomic mass is 10.2. The van der Waals surface area contributed by atoms with Crippen LogP contribution in [0.25, 0.3) is 11.0 Å². The molecule has 0 aromatic carbocycles. The number of halogens is 1. The van der Waals surface area contributed by atoms with Crippen LogP contribution in [0.1, 0.15) is 31.1 Å². The van der Waals surface area contributed by atoms with Gasteiger partial charge in [-0.15, -0.1) is 0 Å². The monoisotopic (exact) mass is 293 g/mol. The Morgan fingerprint density at radius 1 is 1.47 bits per heavy atom. The maximum absolute atomic E-state index is 11.3. The van der Waals surface area contributed by atoms with Gasteiger partial charge < -0.3 is 0 Å². The third kappa shape index (κ3) is 2.53. The average Bonchev–Trinajstić information content (AvgIpc) is 2.69. The second-order valence-corrected chi connectivity index (χ2v) is 3.86. The molecule has 88 valence electrons. The van der Waals surface area contributed by atoms with Crippen LogP contribution in [0.3, 0.4) is 0 Å². The summed E-state index contributed by atoms with van der Waals surface area (Å²) in [6.07, 6.45) is 1.51. The van der Waals surface area contributed by atoms with E-state index in [0.29, 0.717) is 21.2 Å². The maximum Gasteiger partial charge on any atom is 0.229 e. The lowest BCUT2D eigenvalue weighted by molar-refractivity contribution is 0.0941. The first-order valence-electron chi connectivity index (χ1n) is 5.22. The molecule has 2 heterocycles. The van der Waals surface area contributed by atoms with Gasteiger partial charge in [-0.05, 0) is 28.1 Å². The van der Waals surface area contributed by atoms with Crippen molar-refractivity contribution in [3.63, 3.8) is 0 Å². The normalized spacial score (nSPS) is 9.35.